The van der Waals surface area contributed by atoms with Crippen LogP contribution in [0.25, 0.3) is 0 Å². The predicted molar refractivity (Wildman–Crippen MR) is 65.3 cm³/mol. The molecular weight excluding hydrogens is 203 g/mol. The molecule has 0 saturated carbocycles. The van der Waals surface area contributed by atoms with E-state index in [4.69, 9.17) is 0 Å². The van der Waals surface area contributed by atoms with E-state index in [2.05, 4.69) is 30.6 Å². The zero-order valence-electron chi connectivity index (χ0n) is 10.9. The van der Waals surface area contributed by atoms with Crippen LogP contribution in [-0.4, -0.2) is 54.7 Å². The molecule has 2 saturated heterocycles. The average Bonchev–Trinajstić information content (AvgIpc) is 2.15. The molecule has 2 aliphatic rings. The normalized spacial score (nSPS) is 33.0. The second-order valence-electron chi connectivity index (χ2n) is 6.49. The van der Waals surface area contributed by atoms with E-state index in [0.29, 0.717) is 12.1 Å². The van der Waals surface area contributed by atoms with Crippen LogP contribution in [0.15, 0.2) is 0 Å². The van der Waals surface area contributed by atoms with Crippen LogP contribution in [0.5, 0.6) is 0 Å². The monoisotopic (exact) mass is 228 g/mol. The van der Waals surface area contributed by atoms with E-state index in [1.54, 1.807) is 0 Å². The summed E-state index contributed by atoms with van der Waals surface area (Å²) in [5, 5.41) is 0. The van der Waals surface area contributed by atoms with E-state index in [-0.39, 0.29) is 6.67 Å². The fourth-order valence-corrected chi connectivity index (χ4v) is 3.24. The molecule has 0 spiro atoms. The molecule has 2 atom stereocenters. The number of fused-ring (bicyclic) bond motifs is 2. The third-order valence-corrected chi connectivity index (χ3v) is 4.01. The van der Waals surface area contributed by atoms with Gasteiger partial charge in [0.1, 0.15) is 6.67 Å². The summed E-state index contributed by atoms with van der Waals surface area (Å²) >= 11 is 0. The Labute approximate surface area is 98.8 Å². The second-order valence-corrected chi connectivity index (χ2v) is 6.49. The molecule has 16 heavy (non-hydrogen) atoms. The van der Waals surface area contributed by atoms with E-state index in [9.17, 15) is 4.39 Å². The van der Waals surface area contributed by atoms with Gasteiger partial charge in [0.2, 0.25) is 0 Å². The van der Waals surface area contributed by atoms with Crippen LogP contribution >= 0.6 is 0 Å². The standard InChI is InChI=1S/C13H25FN2/c1-13(2,3)16-9-11-6-12(10-16)8-15(7-11)5-4-14/h11-12H,4-10H2,1-3H3. The van der Waals surface area contributed by atoms with Crippen molar-refractivity contribution < 1.29 is 4.39 Å². The Morgan fingerprint density at radius 1 is 1.06 bits per heavy atom. The van der Waals surface area contributed by atoms with Crippen molar-refractivity contribution in [2.45, 2.75) is 32.7 Å². The van der Waals surface area contributed by atoms with Crippen LogP contribution in [0.1, 0.15) is 27.2 Å². The minimum Gasteiger partial charge on any atom is -0.300 e. The molecule has 0 aromatic rings. The third-order valence-electron chi connectivity index (χ3n) is 4.01. The van der Waals surface area contributed by atoms with Gasteiger partial charge in [-0.25, -0.2) is 4.39 Å². The number of likely N-dealkylation sites (tertiary alicyclic amines) is 2. The van der Waals surface area contributed by atoms with Gasteiger partial charge in [-0.05, 0) is 39.0 Å². The molecule has 2 fully saturated rings. The number of piperidine rings is 2. The zero-order valence-corrected chi connectivity index (χ0v) is 10.9. The minimum absolute atomic E-state index is 0.192. The van der Waals surface area contributed by atoms with Gasteiger partial charge in [-0.15, -0.1) is 0 Å². The van der Waals surface area contributed by atoms with E-state index in [1.165, 1.54) is 19.5 Å². The topological polar surface area (TPSA) is 6.48 Å². The summed E-state index contributed by atoms with van der Waals surface area (Å²) in [4.78, 5) is 4.93. The highest BCUT2D eigenvalue weighted by Gasteiger charge is 2.37. The van der Waals surface area contributed by atoms with Crippen molar-refractivity contribution in [3.8, 4) is 0 Å². The SMILES string of the molecule is CC(C)(C)N1CC2CC(CN(CCF)C2)C1. The smallest absolute Gasteiger partial charge is 0.102 e. The molecule has 0 aromatic carbocycles. The van der Waals surface area contributed by atoms with Crippen molar-refractivity contribution in [1.82, 2.24) is 9.80 Å². The van der Waals surface area contributed by atoms with E-state index < -0.39 is 0 Å². The number of alkyl halides is 1. The Bertz CT molecular complexity index is 223. The van der Waals surface area contributed by atoms with Gasteiger partial charge >= 0.3 is 0 Å². The van der Waals surface area contributed by atoms with Crippen LogP contribution in [0.3, 0.4) is 0 Å². The van der Waals surface area contributed by atoms with Crippen LogP contribution in [-0.2, 0) is 0 Å². The van der Waals surface area contributed by atoms with Gasteiger partial charge in [0, 0.05) is 38.3 Å². The highest BCUT2D eigenvalue weighted by Crippen LogP contribution is 2.31. The summed E-state index contributed by atoms with van der Waals surface area (Å²) in [6, 6.07) is 0. The maximum atomic E-state index is 12.4. The van der Waals surface area contributed by atoms with Crippen molar-refractivity contribution >= 4 is 0 Å². The van der Waals surface area contributed by atoms with Crippen molar-refractivity contribution in [3.63, 3.8) is 0 Å². The Kier molecular flexibility index (Phi) is 3.55. The number of hydrogen-bond donors (Lipinski definition) is 0. The fraction of sp³-hybridized carbons (Fsp3) is 1.00. The van der Waals surface area contributed by atoms with Gasteiger partial charge in [0.15, 0.2) is 0 Å². The summed E-state index contributed by atoms with van der Waals surface area (Å²) < 4.78 is 12.4. The van der Waals surface area contributed by atoms with Crippen LogP contribution in [0.4, 0.5) is 4.39 Å². The molecule has 94 valence electrons. The molecule has 0 N–H and O–H groups in total. The maximum Gasteiger partial charge on any atom is 0.102 e. The summed E-state index contributed by atoms with van der Waals surface area (Å²) in [5.41, 5.74) is 0.291. The van der Waals surface area contributed by atoms with Crippen molar-refractivity contribution in [2.75, 3.05) is 39.4 Å². The number of halogens is 1. The van der Waals surface area contributed by atoms with E-state index in [1.807, 2.05) is 0 Å². The van der Waals surface area contributed by atoms with E-state index in [0.717, 1.165) is 24.9 Å². The van der Waals surface area contributed by atoms with Crippen molar-refractivity contribution in [2.24, 2.45) is 11.8 Å². The van der Waals surface area contributed by atoms with Crippen molar-refractivity contribution in [3.05, 3.63) is 0 Å². The molecule has 3 heteroatoms. The quantitative estimate of drug-likeness (QED) is 0.713. The lowest BCUT2D eigenvalue weighted by Gasteiger charge is -2.50. The summed E-state index contributed by atoms with van der Waals surface area (Å²) in [6.45, 7) is 11.9. The first-order valence-corrected chi connectivity index (χ1v) is 6.52. The highest BCUT2D eigenvalue weighted by molar-refractivity contribution is 4.91. The molecule has 2 heterocycles. The molecule has 0 aliphatic carbocycles. The Morgan fingerprint density at radius 3 is 2.06 bits per heavy atom. The van der Waals surface area contributed by atoms with Gasteiger partial charge in [-0.1, -0.05) is 0 Å². The average molecular weight is 228 g/mol. The lowest BCUT2D eigenvalue weighted by atomic mass is 9.82. The summed E-state index contributed by atoms with van der Waals surface area (Å²) in [7, 11) is 0. The molecular formula is C13H25FN2. The number of nitrogens with zero attached hydrogens (tertiary/aromatic N) is 2. The van der Waals surface area contributed by atoms with Gasteiger partial charge in [-0.2, -0.15) is 0 Å². The van der Waals surface area contributed by atoms with Crippen molar-refractivity contribution in [1.29, 1.82) is 0 Å². The van der Waals surface area contributed by atoms with E-state index >= 15 is 0 Å². The molecule has 0 radical (unpaired) electrons. The first kappa shape index (κ1) is 12.3. The summed E-state index contributed by atoms with van der Waals surface area (Å²) in [5.74, 6) is 1.52. The molecule has 0 amide bonds. The molecule has 2 unspecified atom stereocenters. The van der Waals surface area contributed by atoms with Gasteiger partial charge in [0.05, 0.1) is 0 Å². The molecule has 2 rings (SSSR count). The van der Waals surface area contributed by atoms with Crippen LogP contribution in [0, 0.1) is 11.8 Å². The van der Waals surface area contributed by atoms with Gasteiger partial charge in [-0.3, -0.25) is 4.90 Å². The second kappa shape index (κ2) is 4.61. The first-order chi connectivity index (χ1) is 7.49. The molecule has 2 aliphatic heterocycles. The zero-order chi connectivity index (χ0) is 11.8. The van der Waals surface area contributed by atoms with Crippen LogP contribution in [0.2, 0.25) is 0 Å². The fourth-order valence-electron chi connectivity index (χ4n) is 3.24. The third kappa shape index (κ3) is 2.75. The largest absolute Gasteiger partial charge is 0.300 e. The Hall–Kier alpha value is -0.150. The maximum absolute atomic E-state index is 12.4. The molecule has 2 nitrogen and oxygen atoms in total. The molecule has 0 aromatic heterocycles. The Balaban J connectivity index is 1.95. The lowest BCUT2D eigenvalue weighted by molar-refractivity contribution is -0.0108. The minimum atomic E-state index is -0.192. The van der Waals surface area contributed by atoms with Gasteiger partial charge in [0.25, 0.3) is 0 Å². The molecule has 2 bridgehead atoms. The Morgan fingerprint density at radius 2 is 1.62 bits per heavy atom. The summed E-state index contributed by atoms with van der Waals surface area (Å²) in [6.07, 6.45) is 1.36. The van der Waals surface area contributed by atoms with Gasteiger partial charge < -0.3 is 4.90 Å². The number of rotatable bonds is 2. The lowest BCUT2D eigenvalue weighted by Crippen LogP contribution is -2.57. The predicted octanol–water partition coefficient (Wildman–Crippen LogP) is 2.01. The van der Waals surface area contributed by atoms with Crippen LogP contribution < -0.4 is 0 Å². The highest BCUT2D eigenvalue weighted by atomic mass is 19.1. The first-order valence-electron chi connectivity index (χ1n) is 6.52. The number of hydrogen-bond acceptors (Lipinski definition) is 2.